The van der Waals surface area contributed by atoms with E-state index in [1.54, 1.807) is 4.90 Å². The molecule has 0 aliphatic carbocycles. The molecule has 4 heteroatoms. The van der Waals surface area contributed by atoms with Gasteiger partial charge in [0, 0.05) is 0 Å². The maximum absolute atomic E-state index is 10.7. The first-order valence-corrected chi connectivity index (χ1v) is 3.89. The van der Waals surface area contributed by atoms with Crippen molar-refractivity contribution in [2.45, 2.75) is 11.8 Å². The van der Waals surface area contributed by atoms with Crippen LogP contribution in [0, 0.1) is 0 Å². The van der Waals surface area contributed by atoms with Crippen molar-refractivity contribution in [1.29, 1.82) is 0 Å². The molecule has 0 bridgehead atoms. The fourth-order valence-electron chi connectivity index (χ4n) is 1.13. The summed E-state index contributed by atoms with van der Waals surface area (Å²) in [5.74, 6) is 1.98. The Morgan fingerprint density at radius 2 is 2.50 bits per heavy atom. The fourth-order valence-corrected chi connectivity index (χ4v) is 2.27. The highest BCUT2D eigenvalue weighted by atomic mass is 32.2. The van der Waals surface area contributed by atoms with E-state index < -0.39 is 0 Å². The van der Waals surface area contributed by atoms with E-state index in [1.807, 2.05) is 5.94 Å². The summed E-state index contributed by atoms with van der Waals surface area (Å²) in [6.07, 6.45) is 0.593. The number of rotatable bonds is 0. The van der Waals surface area contributed by atoms with Crippen LogP contribution in [0.25, 0.3) is 0 Å². The van der Waals surface area contributed by atoms with Crippen molar-refractivity contribution in [3.8, 4) is 0 Å². The van der Waals surface area contributed by atoms with Gasteiger partial charge in [0.15, 0.2) is 0 Å². The van der Waals surface area contributed by atoms with Crippen LogP contribution in [-0.2, 0) is 9.59 Å². The zero-order valence-corrected chi connectivity index (χ0v) is 5.98. The Bertz CT molecular complexity index is 244. The Morgan fingerprint density at radius 1 is 1.70 bits per heavy atom. The molecule has 2 rings (SSSR count). The number of amides is 1. The van der Waals surface area contributed by atoms with Gasteiger partial charge < -0.3 is 4.90 Å². The smallest absolute Gasteiger partial charge is 0.226 e. The summed E-state index contributed by atoms with van der Waals surface area (Å²) in [7, 11) is 0. The number of fused-ring (bicyclic) bond motifs is 1. The Balaban J connectivity index is 2.19. The fraction of sp³-hybridized carbons (Fsp3) is 0.500. The summed E-state index contributed by atoms with van der Waals surface area (Å²) in [5.41, 5.74) is 0. The van der Waals surface area contributed by atoms with Crippen LogP contribution in [0.4, 0.5) is 0 Å². The Kier molecular flexibility index (Phi) is 1.13. The van der Waals surface area contributed by atoms with Crippen LogP contribution in [0.1, 0.15) is 6.42 Å². The first-order chi connectivity index (χ1) is 4.81. The summed E-state index contributed by atoms with van der Waals surface area (Å²) in [4.78, 5) is 23.2. The monoisotopic (exact) mass is 155 g/mol. The number of carbonyl (C=O) groups excluding carboxylic acids is 2. The molecule has 0 aromatic rings. The molecule has 52 valence electrons. The van der Waals surface area contributed by atoms with E-state index in [4.69, 9.17) is 0 Å². The second-order valence-corrected chi connectivity index (χ2v) is 3.60. The molecular weight excluding hydrogens is 150 g/mol. The van der Waals surface area contributed by atoms with Gasteiger partial charge in [-0.1, -0.05) is 11.8 Å². The minimum atomic E-state index is 0.155. The maximum Gasteiger partial charge on any atom is 0.226 e. The number of hydrogen-bond acceptors (Lipinski definition) is 3. The topological polar surface area (TPSA) is 37.4 Å². The van der Waals surface area contributed by atoms with Crippen molar-refractivity contribution in [3.63, 3.8) is 0 Å². The van der Waals surface area contributed by atoms with Crippen LogP contribution in [0.3, 0.4) is 0 Å². The molecule has 0 spiro atoms. The lowest BCUT2D eigenvalue weighted by molar-refractivity contribution is -0.140. The SMILES string of the molecule is O=C=C1CN2C(=O)C[C@H]2S1. The van der Waals surface area contributed by atoms with Gasteiger partial charge in [-0.25, -0.2) is 4.79 Å². The van der Waals surface area contributed by atoms with E-state index >= 15 is 0 Å². The minimum Gasteiger partial charge on any atom is -0.324 e. The Hall–Kier alpha value is -0.730. The van der Waals surface area contributed by atoms with E-state index in [9.17, 15) is 9.59 Å². The van der Waals surface area contributed by atoms with Crippen molar-refractivity contribution in [2.24, 2.45) is 0 Å². The number of nitrogens with zero attached hydrogens (tertiary/aromatic N) is 1. The molecule has 2 aliphatic heterocycles. The predicted molar refractivity (Wildman–Crippen MR) is 36.9 cm³/mol. The molecular formula is C6H5NO2S. The number of carbonyl (C=O) groups is 1. The summed E-state index contributed by atoms with van der Waals surface area (Å²) in [6.45, 7) is 0.498. The second-order valence-electron chi connectivity index (χ2n) is 2.32. The third kappa shape index (κ3) is 0.632. The number of hydrogen-bond donors (Lipinski definition) is 0. The molecule has 0 aromatic carbocycles. The molecule has 2 fully saturated rings. The van der Waals surface area contributed by atoms with Gasteiger partial charge in [-0.3, -0.25) is 4.79 Å². The highest BCUT2D eigenvalue weighted by Crippen LogP contribution is 2.40. The van der Waals surface area contributed by atoms with E-state index in [1.165, 1.54) is 11.8 Å². The van der Waals surface area contributed by atoms with Crippen molar-refractivity contribution in [1.82, 2.24) is 4.90 Å². The summed E-state index contributed by atoms with van der Waals surface area (Å²) in [5, 5.41) is 0.254. The third-order valence-electron chi connectivity index (χ3n) is 1.72. The number of thioether (sulfide) groups is 1. The summed E-state index contributed by atoms with van der Waals surface area (Å²) < 4.78 is 0. The average molecular weight is 155 g/mol. The van der Waals surface area contributed by atoms with E-state index in [2.05, 4.69) is 0 Å². The molecule has 10 heavy (non-hydrogen) atoms. The standard InChI is InChI=1S/C6H5NO2S/c8-3-4-2-7-5(9)1-6(7)10-4/h6H,1-2H2/t6-/m1/s1. The van der Waals surface area contributed by atoms with Crippen molar-refractivity contribution >= 4 is 23.6 Å². The maximum atomic E-state index is 10.7. The van der Waals surface area contributed by atoms with Gasteiger partial charge in [-0.05, 0) is 0 Å². The Labute approximate surface area is 62.1 Å². The first-order valence-electron chi connectivity index (χ1n) is 3.01. The molecule has 0 unspecified atom stereocenters. The summed E-state index contributed by atoms with van der Waals surface area (Å²) in [6, 6.07) is 0. The van der Waals surface area contributed by atoms with Crippen LogP contribution in [0.2, 0.25) is 0 Å². The third-order valence-corrected chi connectivity index (χ3v) is 2.91. The van der Waals surface area contributed by atoms with Gasteiger partial charge in [-0.2, -0.15) is 0 Å². The second kappa shape index (κ2) is 1.87. The van der Waals surface area contributed by atoms with Gasteiger partial charge in [0.25, 0.3) is 0 Å². The molecule has 0 radical (unpaired) electrons. The van der Waals surface area contributed by atoms with Crippen LogP contribution in [0.5, 0.6) is 0 Å². The Morgan fingerprint density at radius 3 is 3.00 bits per heavy atom. The molecule has 3 nitrogen and oxygen atoms in total. The van der Waals surface area contributed by atoms with Gasteiger partial charge in [0.2, 0.25) is 5.91 Å². The largest absolute Gasteiger partial charge is 0.324 e. The van der Waals surface area contributed by atoms with Crippen molar-refractivity contribution < 1.29 is 9.59 Å². The quantitative estimate of drug-likeness (QED) is 0.365. The molecule has 0 saturated carbocycles. The highest BCUT2D eigenvalue weighted by molar-refractivity contribution is 8.04. The van der Waals surface area contributed by atoms with Crippen LogP contribution < -0.4 is 0 Å². The van der Waals surface area contributed by atoms with Crippen molar-refractivity contribution in [2.75, 3.05) is 6.54 Å². The zero-order chi connectivity index (χ0) is 7.14. The molecule has 1 amide bonds. The lowest BCUT2D eigenvalue weighted by Gasteiger charge is -2.32. The molecule has 2 heterocycles. The molecule has 2 saturated heterocycles. The van der Waals surface area contributed by atoms with Crippen LogP contribution in [-0.4, -0.2) is 28.7 Å². The molecule has 1 atom stereocenters. The summed E-state index contributed by atoms with van der Waals surface area (Å²) >= 11 is 1.46. The van der Waals surface area contributed by atoms with E-state index in [0.717, 1.165) is 0 Å². The molecule has 0 aromatic heterocycles. The van der Waals surface area contributed by atoms with Gasteiger partial charge in [0.1, 0.15) is 5.94 Å². The van der Waals surface area contributed by atoms with Crippen LogP contribution in [0.15, 0.2) is 4.91 Å². The van der Waals surface area contributed by atoms with E-state index in [-0.39, 0.29) is 11.3 Å². The van der Waals surface area contributed by atoms with Gasteiger partial charge >= 0.3 is 0 Å². The zero-order valence-electron chi connectivity index (χ0n) is 5.16. The highest BCUT2D eigenvalue weighted by Gasteiger charge is 2.42. The lowest BCUT2D eigenvalue weighted by Crippen LogP contribution is -2.46. The lowest BCUT2D eigenvalue weighted by atomic mass is 10.2. The van der Waals surface area contributed by atoms with Crippen LogP contribution >= 0.6 is 11.8 Å². The van der Waals surface area contributed by atoms with Crippen molar-refractivity contribution in [3.05, 3.63) is 4.91 Å². The number of β-lactam (4-membered cyclic amide) rings is 1. The molecule has 2 aliphatic rings. The predicted octanol–water partition coefficient (Wildman–Crippen LogP) is 0.00710. The average Bonchev–Trinajstić information content (AvgIpc) is 2.26. The first kappa shape index (κ1) is 6.01. The van der Waals surface area contributed by atoms with Gasteiger partial charge in [-0.15, -0.1) is 0 Å². The normalized spacial score (nSPS) is 29.6. The van der Waals surface area contributed by atoms with Gasteiger partial charge in [0.05, 0.1) is 23.2 Å². The minimum absolute atomic E-state index is 0.155. The van der Waals surface area contributed by atoms with E-state index in [0.29, 0.717) is 17.9 Å². The molecule has 0 N–H and O–H groups in total.